The van der Waals surface area contributed by atoms with Gasteiger partial charge in [0.1, 0.15) is 0 Å². The van der Waals surface area contributed by atoms with E-state index in [0.717, 1.165) is 24.5 Å². The average Bonchev–Trinajstić information content (AvgIpc) is 2.66. The maximum atomic E-state index is 6.03. The molecule has 2 rings (SSSR count). The van der Waals surface area contributed by atoms with Gasteiger partial charge in [-0.2, -0.15) is 0 Å². The molecule has 112 valence electrons. The topological polar surface area (TPSA) is 32.5 Å². The van der Waals surface area contributed by atoms with Crippen molar-refractivity contribution in [3.05, 3.63) is 0 Å². The molecule has 0 amide bonds. The number of nitrogens with two attached hydrogens (primary N) is 1. The summed E-state index contributed by atoms with van der Waals surface area (Å²) >= 11 is 0. The summed E-state index contributed by atoms with van der Waals surface area (Å²) in [6, 6.07) is 1.56. The minimum absolute atomic E-state index is 0.745. The molecule has 1 saturated heterocycles. The molecular weight excluding hydrogens is 234 g/mol. The Kier molecular flexibility index (Phi) is 6.11. The third-order valence-electron chi connectivity index (χ3n) is 5.35. The minimum Gasteiger partial charge on any atom is -0.330 e. The molecule has 3 atom stereocenters. The molecule has 0 spiro atoms. The summed E-state index contributed by atoms with van der Waals surface area (Å²) in [5, 5.41) is 0. The quantitative estimate of drug-likeness (QED) is 0.848. The SMILES string of the molecule is CCN(C1CCCN(C)CC1)C1CCCCC1CN. The van der Waals surface area contributed by atoms with Gasteiger partial charge in [0.2, 0.25) is 0 Å². The van der Waals surface area contributed by atoms with Gasteiger partial charge in [-0.15, -0.1) is 0 Å². The van der Waals surface area contributed by atoms with Crippen LogP contribution in [0.1, 0.15) is 51.9 Å². The van der Waals surface area contributed by atoms with Crippen molar-refractivity contribution < 1.29 is 0 Å². The van der Waals surface area contributed by atoms with E-state index in [9.17, 15) is 0 Å². The van der Waals surface area contributed by atoms with Gasteiger partial charge in [0.15, 0.2) is 0 Å². The number of likely N-dealkylation sites (tertiary alicyclic amines) is 1. The van der Waals surface area contributed by atoms with Crippen LogP contribution in [-0.2, 0) is 0 Å². The van der Waals surface area contributed by atoms with Gasteiger partial charge in [0.25, 0.3) is 0 Å². The van der Waals surface area contributed by atoms with Gasteiger partial charge in [0.05, 0.1) is 0 Å². The van der Waals surface area contributed by atoms with Crippen molar-refractivity contribution in [3.8, 4) is 0 Å². The Labute approximate surface area is 119 Å². The molecule has 3 nitrogen and oxygen atoms in total. The molecule has 1 heterocycles. The second kappa shape index (κ2) is 7.61. The molecule has 3 heteroatoms. The van der Waals surface area contributed by atoms with Crippen molar-refractivity contribution in [2.75, 3.05) is 33.2 Å². The van der Waals surface area contributed by atoms with Gasteiger partial charge in [-0.05, 0) is 71.2 Å². The van der Waals surface area contributed by atoms with E-state index in [-0.39, 0.29) is 0 Å². The first-order chi connectivity index (χ1) is 9.26. The van der Waals surface area contributed by atoms with E-state index >= 15 is 0 Å². The lowest BCUT2D eigenvalue weighted by atomic mass is 9.82. The highest BCUT2D eigenvalue weighted by Crippen LogP contribution is 2.31. The van der Waals surface area contributed by atoms with Crippen LogP contribution < -0.4 is 5.73 Å². The molecule has 1 aliphatic heterocycles. The Morgan fingerprint density at radius 1 is 1.05 bits per heavy atom. The predicted molar refractivity (Wildman–Crippen MR) is 82.3 cm³/mol. The standard InChI is InChI=1S/C16H33N3/c1-3-19(15-8-6-11-18(2)12-10-15)16-9-5-4-7-14(16)13-17/h14-16H,3-13,17H2,1-2H3. The van der Waals surface area contributed by atoms with Crippen molar-refractivity contribution in [2.24, 2.45) is 11.7 Å². The average molecular weight is 267 g/mol. The zero-order valence-electron chi connectivity index (χ0n) is 13.0. The van der Waals surface area contributed by atoms with Crippen molar-refractivity contribution in [1.82, 2.24) is 9.80 Å². The Morgan fingerprint density at radius 2 is 1.84 bits per heavy atom. The molecule has 1 saturated carbocycles. The van der Waals surface area contributed by atoms with Crippen LogP contribution in [0.5, 0.6) is 0 Å². The van der Waals surface area contributed by atoms with E-state index < -0.39 is 0 Å². The summed E-state index contributed by atoms with van der Waals surface area (Å²) in [5.74, 6) is 0.745. The zero-order chi connectivity index (χ0) is 13.7. The first kappa shape index (κ1) is 15.3. The van der Waals surface area contributed by atoms with E-state index in [0.29, 0.717) is 0 Å². The molecular formula is C16H33N3. The van der Waals surface area contributed by atoms with E-state index in [1.54, 1.807) is 0 Å². The minimum atomic E-state index is 0.745. The first-order valence-corrected chi connectivity index (χ1v) is 8.40. The zero-order valence-corrected chi connectivity index (χ0v) is 13.0. The van der Waals surface area contributed by atoms with Gasteiger partial charge in [-0.25, -0.2) is 0 Å². The van der Waals surface area contributed by atoms with Crippen LogP contribution in [0, 0.1) is 5.92 Å². The molecule has 0 bridgehead atoms. The molecule has 0 aromatic heterocycles. The molecule has 0 radical (unpaired) electrons. The Balaban J connectivity index is 2.00. The van der Waals surface area contributed by atoms with Gasteiger partial charge in [0, 0.05) is 12.1 Å². The number of hydrogen-bond acceptors (Lipinski definition) is 3. The lowest BCUT2D eigenvalue weighted by molar-refractivity contribution is 0.0637. The normalized spacial score (nSPS) is 34.4. The number of nitrogens with zero attached hydrogens (tertiary/aromatic N) is 2. The third-order valence-corrected chi connectivity index (χ3v) is 5.35. The molecule has 1 aliphatic carbocycles. The van der Waals surface area contributed by atoms with Crippen molar-refractivity contribution in [2.45, 2.75) is 64.0 Å². The summed E-state index contributed by atoms with van der Waals surface area (Å²) < 4.78 is 0. The predicted octanol–water partition coefficient (Wildman–Crippen LogP) is 2.31. The lowest BCUT2D eigenvalue weighted by Gasteiger charge is -2.43. The van der Waals surface area contributed by atoms with E-state index in [1.807, 2.05) is 0 Å². The smallest absolute Gasteiger partial charge is 0.0138 e. The largest absolute Gasteiger partial charge is 0.330 e. The van der Waals surface area contributed by atoms with Crippen LogP contribution in [0.15, 0.2) is 0 Å². The van der Waals surface area contributed by atoms with E-state index in [4.69, 9.17) is 5.73 Å². The Morgan fingerprint density at radius 3 is 2.58 bits per heavy atom. The molecule has 0 aromatic carbocycles. The van der Waals surface area contributed by atoms with Crippen molar-refractivity contribution in [3.63, 3.8) is 0 Å². The van der Waals surface area contributed by atoms with Gasteiger partial charge in [-0.1, -0.05) is 19.8 Å². The highest BCUT2D eigenvalue weighted by Gasteiger charge is 2.32. The maximum absolute atomic E-state index is 6.03. The highest BCUT2D eigenvalue weighted by molar-refractivity contribution is 4.88. The first-order valence-electron chi connectivity index (χ1n) is 8.40. The van der Waals surface area contributed by atoms with Crippen molar-refractivity contribution >= 4 is 0 Å². The third kappa shape index (κ3) is 3.93. The second-order valence-corrected chi connectivity index (χ2v) is 6.57. The van der Waals surface area contributed by atoms with Crippen LogP contribution in [0.2, 0.25) is 0 Å². The molecule has 0 aromatic rings. The Bertz CT molecular complexity index is 256. The fraction of sp³-hybridized carbons (Fsp3) is 1.00. The van der Waals surface area contributed by atoms with E-state index in [2.05, 4.69) is 23.8 Å². The monoisotopic (exact) mass is 267 g/mol. The van der Waals surface area contributed by atoms with Gasteiger partial charge >= 0.3 is 0 Å². The lowest BCUT2D eigenvalue weighted by Crippen LogP contribution is -2.50. The summed E-state index contributed by atoms with van der Waals surface area (Å²) in [6.07, 6.45) is 9.61. The van der Waals surface area contributed by atoms with Crippen LogP contribution in [0.25, 0.3) is 0 Å². The van der Waals surface area contributed by atoms with Crippen LogP contribution >= 0.6 is 0 Å². The van der Waals surface area contributed by atoms with Gasteiger partial charge in [-0.3, -0.25) is 4.90 Å². The summed E-state index contributed by atoms with van der Waals surface area (Å²) in [7, 11) is 2.27. The van der Waals surface area contributed by atoms with E-state index in [1.165, 1.54) is 64.6 Å². The van der Waals surface area contributed by atoms with Crippen LogP contribution in [0.4, 0.5) is 0 Å². The number of rotatable bonds is 4. The fourth-order valence-corrected chi connectivity index (χ4v) is 4.22. The molecule has 19 heavy (non-hydrogen) atoms. The van der Waals surface area contributed by atoms with Crippen LogP contribution in [0.3, 0.4) is 0 Å². The molecule has 2 N–H and O–H groups in total. The van der Waals surface area contributed by atoms with Crippen LogP contribution in [-0.4, -0.2) is 55.1 Å². The number of hydrogen-bond donors (Lipinski definition) is 1. The maximum Gasteiger partial charge on any atom is 0.0138 e. The highest BCUT2D eigenvalue weighted by atomic mass is 15.2. The molecule has 3 unspecified atom stereocenters. The van der Waals surface area contributed by atoms with Crippen molar-refractivity contribution in [1.29, 1.82) is 0 Å². The fourth-order valence-electron chi connectivity index (χ4n) is 4.22. The second-order valence-electron chi connectivity index (χ2n) is 6.57. The summed E-state index contributed by atoms with van der Waals surface area (Å²) in [5.41, 5.74) is 6.03. The molecule has 2 fully saturated rings. The molecule has 2 aliphatic rings. The summed E-state index contributed by atoms with van der Waals surface area (Å²) in [6.45, 7) is 6.97. The Hall–Kier alpha value is -0.120. The summed E-state index contributed by atoms with van der Waals surface area (Å²) in [4.78, 5) is 5.31. The van der Waals surface area contributed by atoms with Gasteiger partial charge < -0.3 is 10.6 Å².